The molecule has 3 nitrogen and oxygen atoms in total. The standard InChI is InChI=1S/C48H33N3/c1-3-13-36(14-4-1)50(37-15-5-2-6-16-37)38-27-23-33(24-28-38)35-31-43(48-44(32-35)40-17-7-10-20-45(40)49-48)34-25-29-39(30-26-34)51-46-21-11-8-18-41(46)42-19-9-12-22-47(42)51/h1-32,49H. The van der Waals surface area contributed by atoms with Gasteiger partial charge in [0.15, 0.2) is 0 Å². The second-order valence-electron chi connectivity index (χ2n) is 13.1. The van der Waals surface area contributed by atoms with Gasteiger partial charge in [-0.2, -0.15) is 0 Å². The van der Waals surface area contributed by atoms with Crippen LogP contribution in [0.3, 0.4) is 0 Å². The van der Waals surface area contributed by atoms with Crippen molar-refractivity contribution in [1.29, 1.82) is 0 Å². The Labute approximate surface area is 296 Å². The first kappa shape index (κ1) is 29.1. The van der Waals surface area contributed by atoms with Gasteiger partial charge in [0.2, 0.25) is 0 Å². The smallest absolute Gasteiger partial charge is 0.0544 e. The molecule has 10 aromatic rings. The Kier molecular flexibility index (Phi) is 6.81. The SMILES string of the molecule is c1ccc(N(c2ccccc2)c2ccc(-c3cc(-c4ccc(-n5c6ccccc6c6ccccc65)cc4)c4[nH]c5ccccc5c4c3)cc2)cc1. The third-order valence-corrected chi connectivity index (χ3v) is 10.1. The van der Waals surface area contributed by atoms with Crippen LogP contribution in [-0.2, 0) is 0 Å². The van der Waals surface area contributed by atoms with E-state index < -0.39 is 0 Å². The molecule has 0 aliphatic heterocycles. The van der Waals surface area contributed by atoms with Gasteiger partial charge in [-0.15, -0.1) is 0 Å². The van der Waals surface area contributed by atoms with E-state index in [4.69, 9.17) is 0 Å². The number of para-hydroxylation sites is 5. The molecule has 3 heteroatoms. The average molecular weight is 652 g/mol. The fraction of sp³-hybridized carbons (Fsp3) is 0. The van der Waals surface area contributed by atoms with Gasteiger partial charge < -0.3 is 14.5 Å². The zero-order valence-corrected chi connectivity index (χ0v) is 27.9. The van der Waals surface area contributed by atoms with Crippen molar-refractivity contribution < 1.29 is 0 Å². The first-order valence-electron chi connectivity index (χ1n) is 17.4. The Morgan fingerprint density at radius 3 is 1.51 bits per heavy atom. The monoisotopic (exact) mass is 651 g/mol. The summed E-state index contributed by atoms with van der Waals surface area (Å²) in [6, 6.07) is 69.8. The van der Waals surface area contributed by atoms with Gasteiger partial charge in [0.1, 0.15) is 0 Å². The van der Waals surface area contributed by atoms with Gasteiger partial charge in [-0.3, -0.25) is 0 Å². The number of benzene rings is 8. The molecule has 2 aromatic heterocycles. The molecule has 10 rings (SSSR count). The molecule has 0 aliphatic carbocycles. The minimum absolute atomic E-state index is 1.12. The Hall–Kier alpha value is -6.84. The van der Waals surface area contributed by atoms with Crippen LogP contribution in [0.25, 0.3) is 71.6 Å². The van der Waals surface area contributed by atoms with Crippen LogP contribution >= 0.6 is 0 Å². The number of aromatic amines is 1. The number of fused-ring (bicyclic) bond motifs is 6. The molecule has 0 saturated heterocycles. The number of anilines is 3. The first-order chi connectivity index (χ1) is 25.3. The van der Waals surface area contributed by atoms with E-state index in [1.165, 1.54) is 54.8 Å². The highest BCUT2D eigenvalue weighted by molar-refractivity contribution is 6.13. The Bertz CT molecular complexity index is 2730. The molecule has 0 saturated carbocycles. The molecule has 0 amide bonds. The zero-order valence-electron chi connectivity index (χ0n) is 27.9. The molecule has 0 atom stereocenters. The molecule has 51 heavy (non-hydrogen) atoms. The fourth-order valence-electron chi connectivity index (χ4n) is 7.74. The van der Waals surface area contributed by atoms with Crippen LogP contribution in [0, 0.1) is 0 Å². The highest BCUT2D eigenvalue weighted by Gasteiger charge is 2.16. The van der Waals surface area contributed by atoms with Crippen LogP contribution in [0.2, 0.25) is 0 Å². The predicted molar refractivity (Wildman–Crippen MR) is 216 cm³/mol. The third kappa shape index (κ3) is 4.90. The summed E-state index contributed by atoms with van der Waals surface area (Å²) in [6.07, 6.45) is 0. The fourth-order valence-corrected chi connectivity index (χ4v) is 7.74. The molecule has 0 unspecified atom stereocenters. The number of rotatable bonds is 6. The van der Waals surface area contributed by atoms with Crippen molar-refractivity contribution in [2.75, 3.05) is 4.90 Å². The molecule has 8 aromatic carbocycles. The normalized spacial score (nSPS) is 11.5. The van der Waals surface area contributed by atoms with Gasteiger partial charge in [-0.1, -0.05) is 115 Å². The quantitative estimate of drug-likeness (QED) is 0.190. The number of hydrogen-bond acceptors (Lipinski definition) is 1. The molecular formula is C48H33N3. The lowest BCUT2D eigenvalue weighted by molar-refractivity contribution is 1.18. The van der Waals surface area contributed by atoms with Crippen LogP contribution in [0.15, 0.2) is 194 Å². The van der Waals surface area contributed by atoms with Crippen LogP contribution in [0.4, 0.5) is 17.1 Å². The van der Waals surface area contributed by atoms with Crippen LogP contribution in [0.1, 0.15) is 0 Å². The number of nitrogens with one attached hydrogen (secondary N) is 1. The molecule has 0 radical (unpaired) electrons. The summed E-state index contributed by atoms with van der Waals surface area (Å²) >= 11 is 0. The largest absolute Gasteiger partial charge is 0.354 e. The average Bonchev–Trinajstić information content (AvgIpc) is 3.75. The summed E-state index contributed by atoms with van der Waals surface area (Å²) in [5.74, 6) is 0. The molecule has 0 aliphatic rings. The maximum atomic E-state index is 3.76. The lowest BCUT2D eigenvalue weighted by atomic mass is 9.95. The second kappa shape index (κ2) is 11.9. The summed E-state index contributed by atoms with van der Waals surface area (Å²) in [5, 5.41) is 5.00. The van der Waals surface area contributed by atoms with Gasteiger partial charge in [-0.25, -0.2) is 0 Å². The van der Waals surface area contributed by atoms with E-state index in [1.807, 2.05) is 0 Å². The van der Waals surface area contributed by atoms with Crippen molar-refractivity contribution in [3.8, 4) is 27.9 Å². The van der Waals surface area contributed by atoms with E-state index in [9.17, 15) is 0 Å². The maximum absolute atomic E-state index is 3.76. The molecule has 0 bridgehead atoms. The summed E-state index contributed by atoms with van der Waals surface area (Å²) in [4.78, 5) is 6.07. The van der Waals surface area contributed by atoms with Gasteiger partial charge in [0.25, 0.3) is 0 Å². The van der Waals surface area contributed by atoms with Gasteiger partial charge in [-0.05, 0) is 95.6 Å². The van der Waals surface area contributed by atoms with Crippen LogP contribution < -0.4 is 4.90 Å². The summed E-state index contributed by atoms with van der Waals surface area (Å²) in [7, 11) is 0. The second-order valence-corrected chi connectivity index (χ2v) is 13.1. The van der Waals surface area contributed by atoms with Gasteiger partial charge >= 0.3 is 0 Å². The third-order valence-electron chi connectivity index (χ3n) is 10.1. The first-order valence-corrected chi connectivity index (χ1v) is 17.4. The number of H-pyrrole nitrogens is 1. The summed E-state index contributed by atoms with van der Waals surface area (Å²) in [5.41, 5.74) is 14.0. The highest BCUT2D eigenvalue weighted by Crippen LogP contribution is 2.40. The van der Waals surface area contributed by atoms with E-state index in [1.54, 1.807) is 0 Å². The molecule has 0 fully saturated rings. The Balaban J connectivity index is 1.09. The molecule has 1 N–H and O–H groups in total. The topological polar surface area (TPSA) is 24.0 Å². The Morgan fingerprint density at radius 1 is 0.373 bits per heavy atom. The van der Waals surface area contributed by atoms with Gasteiger partial charge in [0.05, 0.1) is 16.6 Å². The zero-order chi connectivity index (χ0) is 33.7. The van der Waals surface area contributed by atoms with Gasteiger partial charge in [0, 0.05) is 55.4 Å². The maximum Gasteiger partial charge on any atom is 0.0544 e. The van der Waals surface area contributed by atoms with Crippen molar-refractivity contribution in [3.05, 3.63) is 194 Å². The lowest BCUT2D eigenvalue weighted by Crippen LogP contribution is -2.09. The number of aromatic nitrogens is 2. The molecule has 2 heterocycles. The van der Waals surface area contributed by atoms with Crippen LogP contribution in [0.5, 0.6) is 0 Å². The van der Waals surface area contributed by atoms with E-state index in [0.29, 0.717) is 0 Å². The minimum atomic E-state index is 1.12. The van der Waals surface area contributed by atoms with Crippen molar-refractivity contribution in [2.24, 2.45) is 0 Å². The van der Waals surface area contributed by atoms with E-state index in [0.717, 1.165) is 33.8 Å². The number of nitrogens with zero attached hydrogens (tertiary/aromatic N) is 2. The van der Waals surface area contributed by atoms with Crippen LogP contribution in [-0.4, -0.2) is 9.55 Å². The minimum Gasteiger partial charge on any atom is -0.354 e. The molecule has 0 spiro atoms. The number of hydrogen-bond donors (Lipinski definition) is 1. The van der Waals surface area contributed by atoms with Crippen molar-refractivity contribution >= 4 is 60.7 Å². The lowest BCUT2D eigenvalue weighted by Gasteiger charge is -2.25. The molecule has 240 valence electrons. The van der Waals surface area contributed by atoms with E-state index in [2.05, 4.69) is 209 Å². The van der Waals surface area contributed by atoms with E-state index in [-0.39, 0.29) is 0 Å². The Morgan fingerprint density at radius 2 is 0.882 bits per heavy atom. The van der Waals surface area contributed by atoms with Crippen molar-refractivity contribution in [2.45, 2.75) is 0 Å². The van der Waals surface area contributed by atoms with E-state index >= 15 is 0 Å². The molecular weight excluding hydrogens is 619 g/mol. The van der Waals surface area contributed by atoms with Crippen molar-refractivity contribution in [3.63, 3.8) is 0 Å². The highest BCUT2D eigenvalue weighted by atomic mass is 15.1. The summed E-state index contributed by atoms with van der Waals surface area (Å²) < 4.78 is 2.37. The summed E-state index contributed by atoms with van der Waals surface area (Å²) in [6.45, 7) is 0. The predicted octanol–water partition coefficient (Wildman–Crippen LogP) is 13.2. The van der Waals surface area contributed by atoms with Crippen molar-refractivity contribution in [1.82, 2.24) is 9.55 Å².